The first-order valence-corrected chi connectivity index (χ1v) is 5.16. The molecular weight excluding hydrogens is 160 g/mol. The molecule has 0 atom stereocenters. The van der Waals surface area contributed by atoms with Gasteiger partial charge in [-0.15, -0.1) is 0 Å². The predicted molar refractivity (Wildman–Crippen MR) is 49.3 cm³/mol. The first-order valence-electron chi connectivity index (χ1n) is 5.16. The van der Waals surface area contributed by atoms with E-state index in [1.54, 1.807) is 0 Å². The first kappa shape index (κ1) is 7.48. The zero-order chi connectivity index (χ0) is 8.67. The van der Waals surface area contributed by atoms with E-state index in [4.69, 9.17) is 0 Å². The Kier molecular flexibility index (Phi) is 1.61. The van der Waals surface area contributed by atoms with Crippen molar-refractivity contribution in [1.29, 1.82) is 0 Å². The lowest BCUT2D eigenvalue weighted by Crippen LogP contribution is -1.99. The summed E-state index contributed by atoms with van der Waals surface area (Å²) < 4.78 is 0. The number of hydrogen-bond donors (Lipinski definition) is 0. The van der Waals surface area contributed by atoms with Gasteiger partial charge in [-0.1, -0.05) is 0 Å². The van der Waals surface area contributed by atoms with E-state index in [-0.39, 0.29) is 0 Å². The summed E-state index contributed by atoms with van der Waals surface area (Å²) in [5.74, 6) is 2.63. The van der Waals surface area contributed by atoms with Gasteiger partial charge >= 0.3 is 0 Å². The minimum Gasteiger partial charge on any atom is -0.238 e. The normalized spacial score (nSPS) is 21.8. The van der Waals surface area contributed by atoms with Gasteiger partial charge in [0.1, 0.15) is 5.82 Å². The second kappa shape index (κ2) is 2.79. The molecule has 1 radical (unpaired) electrons. The van der Waals surface area contributed by atoms with Gasteiger partial charge in [0.25, 0.3) is 0 Å². The third-order valence-corrected chi connectivity index (χ3v) is 2.83. The van der Waals surface area contributed by atoms with E-state index in [9.17, 15) is 0 Å². The van der Waals surface area contributed by atoms with Crippen molar-refractivity contribution < 1.29 is 0 Å². The zero-order valence-corrected chi connectivity index (χ0v) is 7.66. The van der Waals surface area contributed by atoms with Crippen molar-refractivity contribution in [2.75, 3.05) is 0 Å². The van der Waals surface area contributed by atoms with Crippen LogP contribution in [-0.4, -0.2) is 9.97 Å². The fourth-order valence-electron chi connectivity index (χ4n) is 1.64. The topological polar surface area (TPSA) is 25.8 Å². The summed E-state index contributed by atoms with van der Waals surface area (Å²) in [5.41, 5.74) is 1.23. The molecule has 0 bridgehead atoms. The van der Waals surface area contributed by atoms with Crippen LogP contribution in [0.4, 0.5) is 0 Å². The molecule has 1 aromatic heterocycles. The number of nitrogens with zero attached hydrogens (tertiary/aromatic N) is 2. The van der Waals surface area contributed by atoms with Crippen LogP contribution in [0.1, 0.15) is 43.1 Å². The molecule has 3 rings (SSSR count). The van der Waals surface area contributed by atoms with Crippen LogP contribution in [0.25, 0.3) is 0 Å². The van der Waals surface area contributed by atoms with Gasteiger partial charge in [-0.2, -0.15) is 0 Å². The van der Waals surface area contributed by atoms with Crippen molar-refractivity contribution in [2.24, 2.45) is 5.92 Å². The monoisotopic (exact) mass is 173 g/mol. The largest absolute Gasteiger partial charge is 0.238 e. The summed E-state index contributed by atoms with van der Waals surface area (Å²) in [6, 6.07) is 1.95. The molecule has 1 heterocycles. The average Bonchev–Trinajstić information content (AvgIpc) is 3.00. The molecule has 67 valence electrons. The highest BCUT2D eigenvalue weighted by atomic mass is 14.9. The standard InChI is InChI=1S/C11H13N2/c1-2-8(1)7-11-12-6-5-10(13-11)9-3-4-9/h5,8-9H,1-4,7H2. The van der Waals surface area contributed by atoms with Gasteiger partial charge in [-0.3, -0.25) is 0 Å². The molecule has 0 aliphatic heterocycles. The fraction of sp³-hybridized carbons (Fsp3) is 0.636. The van der Waals surface area contributed by atoms with Gasteiger partial charge in [-0.25, -0.2) is 9.97 Å². The predicted octanol–water partition coefficient (Wildman–Crippen LogP) is 2.11. The van der Waals surface area contributed by atoms with Crippen LogP contribution in [0.15, 0.2) is 6.07 Å². The van der Waals surface area contributed by atoms with Gasteiger partial charge in [-0.05, 0) is 37.7 Å². The Hall–Kier alpha value is -0.920. The highest BCUT2D eigenvalue weighted by molar-refractivity contribution is 5.13. The second-order valence-electron chi connectivity index (χ2n) is 4.26. The van der Waals surface area contributed by atoms with Gasteiger partial charge < -0.3 is 0 Å². The van der Waals surface area contributed by atoms with Crippen LogP contribution in [0, 0.1) is 12.1 Å². The van der Waals surface area contributed by atoms with Crippen molar-refractivity contribution in [3.63, 3.8) is 0 Å². The van der Waals surface area contributed by atoms with E-state index in [0.717, 1.165) is 24.1 Å². The molecule has 2 saturated carbocycles. The highest BCUT2D eigenvalue weighted by Crippen LogP contribution is 2.39. The smallest absolute Gasteiger partial charge is 0.129 e. The number of aromatic nitrogens is 2. The molecule has 2 heteroatoms. The molecule has 0 aromatic carbocycles. The maximum atomic E-state index is 4.57. The maximum absolute atomic E-state index is 4.57. The van der Waals surface area contributed by atoms with E-state index in [2.05, 4.69) is 16.2 Å². The second-order valence-corrected chi connectivity index (χ2v) is 4.26. The number of rotatable bonds is 3. The van der Waals surface area contributed by atoms with E-state index >= 15 is 0 Å². The molecule has 2 nitrogen and oxygen atoms in total. The Morgan fingerprint density at radius 2 is 2.15 bits per heavy atom. The molecule has 0 spiro atoms. The van der Waals surface area contributed by atoms with E-state index in [1.165, 1.54) is 31.4 Å². The summed E-state index contributed by atoms with van der Waals surface area (Å²) in [7, 11) is 0. The van der Waals surface area contributed by atoms with Crippen molar-refractivity contribution in [3.05, 3.63) is 23.8 Å². The van der Waals surface area contributed by atoms with Crippen molar-refractivity contribution in [2.45, 2.75) is 38.0 Å². The quantitative estimate of drug-likeness (QED) is 0.699. The van der Waals surface area contributed by atoms with Gasteiger partial charge in [0.15, 0.2) is 0 Å². The van der Waals surface area contributed by atoms with Crippen LogP contribution < -0.4 is 0 Å². The van der Waals surface area contributed by atoms with E-state index in [0.29, 0.717) is 0 Å². The lowest BCUT2D eigenvalue weighted by molar-refractivity contribution is 0.755. The Bertz CT molecular complexity index is 314. The van der Waals surface area contributed by atoms with Gasteiger partial charge in [0.2, 0.25) is 0 Å². The third kappa shape index (κ3) is 1.71. The Balaban J connectivity index is 1.79. The molecule has 13 heavy (non-hydrogen) atoms. The summed E-state index contributed by atoms with van der Waals surface area (Å²) in [6.45, 7) is 0. The molecule has 0 unspecified atom stereocenters. The SMILES string of the molecule is [c]1cc(C2CC2)nc(CC2CC2)n1. The highest BCUT2D eigenvalue weighted by Gasteiger charge is 2.27. The van der Waals surface area contributed by atoms with Crippen LogP contribution >= 0.6 is 0 Å². The molecule has 0 saturated heterocycles. The lowest BCUT2D eigenvalue weighted by atomic mass is 10.2. The summed E-state index contributed by atoms with van der Waals surface area (Å²) in [5, 5.41) is 0. The minimum atomic E-state index is 0.734. The molecule has 2 aliphatic rings. The van der Waals surface area contributed by atoms with Crippen LogP contribution in [0.5, 0.6) is 0 Å². The Labute approximate surface area is 78.4 Å². The first-order chi connectivity index (χ1) is 6.42. The van der Waals surface area contributed by atoms with Crippen LogP contribution in [0.2, 0.25) is 0 Å². The van der Waals surface area contributed by atoms with Crippen LogP contribution in [-0.2, 0) is 6.42 Å². The molecule has 2 fully saturated rings. The van der Waals surface area contributed by atoms with E-state index < -0.39 is 0 Å². The minimum absolute atomic E-state index is 0.734. The van der Waals surface area contributed by atoms with Gasteiger partial charge in [0, 0.05) is 18.0 Å². The van der Waals surface area contributed by atoms with Crippen LogP contribution in [0.3, 0.4) is 0 Å². The molecular formula is C11H13N2. The zero-order valence-electron chi connectivity index (χ0n) is 7.66. The average molecular weight is 173 g/mol. The van der Waals surface area contributed by atoms with Crippen molar-refractivity contribution >= 4 is 0 Å². The summed E-state index contributed by atoms with van der Waals surface area (Å²) >= 11 is 0. The van der Waals surface area contributed by atoms with Crippen molar-refractivity contribution in [3.8, 4) is 0 Å². The van der Waals surface area contributed by atoms with Gasteiger partial charge in [0.05, 0.1) is 6.20 Å². The van der Waals surface area contributed by atoms with Crippen molar-refractivity contribution in [1.82, 2.24) is 9.97 Å². The summed E-state index contributed by atoms with van der Waals surface area (Å²) in [6.07, 6.45) is 9.42. The lowest BCUT2D eigenvalue weighted by Gasteiger charge is -2.00. The van der Waals surface area contributed by atoms with E-state index in [1.807, 2.05) is 6.07 Å². The molecule has 1 aromatic rings. The fourth-order valence-corrected chi connectivity index (χ4v) is 1.64. The number of hydrogen-bond acceptors (Lipinski definition) is 2. The maximum Gasteiger partial charge on any atom is 0.129 e. The molecule has 2 aliphatic carbocycles. The molecule has 0 amide bonds. The Morgan fingerprint density at radius 1 is 1.31 bits per heavy atom. The molecule has 0 N–H and O–H groups in total. The summed E-state index contributed by atoms with van der Waals surface area (Å²) in [4.78, 5) is 8.77. The Morgan fingerprint density at radius 3 is 2.85 bits per heavy atom. The third-order valence-electron chi connectivity index (χ3n) is 2.83.